The zero-order valence-corrected chi connectivity index (χ0v) is 12.8. The first-order chi connectivity index (χ1) is 10.6. The third kappa shape index (κ3) is 4.68. The fraction of sp³-hybridized carbons (Fsp3) is 0.562. The molecule has 0 N–H and O–H groups in total. The van der Waals surface area contributed by atoms with Gasteiger partial charge in [0, 0.05) is 12.2 Å². The van der Waals surface area contributed by atoms with Crippen molar-refractivity contribution in [3.63, 3.8) is 0 Å². The van der Waals surface area contributed by atoms with E-state index in [1.807, 2.05) is 0 Å². The average molecular weight is 312 g/mol. The van der Waals surface area contributed by atoms with Crippen molar-refractivity contribution in [3.05, 3.63) is 29.6 Å². The van der Waals surface area contributed by atoms with Crippen LogP contribution in [0.2, 0.25) is 0 Å². The summed E-state index contributed by atoms with van der Waals surface area (Å²) in [6.45, 7) is 2.68. The molecule has 0 spiro atoms. The van der Waals surface area contributed by atoms with E-state index in [9.17, 15) is 9.18 Å². The van der Waals surface area contributed by atoms with E-state index in [0.29, 0.717) is 17.9 Å². The van der Waals surface area contributed by atoms with Gasteiger partial charge < -0.3 is 18.9 Å². The number of ether oxygens (including phenoxy) is 4. The highest BCUT2D eigenvalue weighted by molar-refractivity contribution is 5.74. The molecule has 0 radical (unpaired) electrons. The Bertz CT molecular complexity index is 499. The van der Waals surface area contributed by atoms with Gasteiger partial charge in [-0.25, -0.2) is 9.18 Å². The number of hydrogen-bond donors (Lipinski definition) is 0. The SMILES string of the molecule is COc1ccc(F)cc1COC(=O)C(C)OCC1CCCO1. The van der Waals surface area contributed by atoms with Gasteiger partial charge in [-0.1, -0.05) is 0 Å². The van der Waals surface area contributed by atoms with Crippen LogP contribution in [0.4, 0.5) is 4.39 Å². The zero-order chi connectivity index (χ0) is 15.9. The average Bonchev–Trinajstić information content (AvgIpc) is 3.03. The topological polar surface area (TPSA) is 54.0 Å². The number of carbonyl (C=O) groups excluding carboxylic acids is 1. The maximum atomic E-state index is 13.2. The van der Waals surface area contributed by atoms with Gasteiger partial charge >= 0.3 is 5.97 Å². The molecule has 0 bridgehead atoms. The molecule has 1 aromatic rings. The van der Waals surface area contributed by atoms with Crippen molar-refractivity contribution in [2.24, 2.45) is 0 Å². The summed E-state index contributed by atoms with van der Waals surface area (Å²) >= 11 is 0. The Labute approximate surface area is 129 Å². The number of methoxy groups -OCH3 is 1. The Morgan fingerprint density at radius 1 is 1.50 bits per heavy atom. The molecule has 1 fully saturated rings. The van der Waals surface area contributed by atoms with Crippen LogP contribution in [0.3, 0.4) is 0 Å². The molecule has 2 unspecified atom stereocenters. The van der Waals surface area contributed by atoms with Crippen LogP contribution in [0.25, 0.3) is 0 Å². The first kappa shape index (κ1) is 16.7. The minimum absolute atomic E-state index is 0.0542. The Morgan fingerprint density at radius 2 is 2.32 bits per heavy atom. The van der Waals surface area contributed by atoms with E-state index in [4.69, 9.17) is 18.9 Å². The van der Waals surface area contributed by atoms with E-state index < -0.39 is 17.9 Å². The van der Waals surface area contributed by atoms with Crippen LogP contribution in [0.5, 0.6) is 5.75 Å². The summed E-state index contributed by atoms with van der Waals surface area (Å²) in [6, 6.07) is 4.07. The van der Waals surface area contributed by atoms with Crippen LogP contribution in [0.1, 0.15) is 25.3 Å². The van der Waals surface area contributed by atoms with E-state index in [1.54, 1.807) is 6.92 Å². The van der Waals surface area contributed by atoms with Gasteiger partial charge in [0.1, 0.15) is 18.2 Å². The molecule has 5 nitrogen and oxygen atoms in total. The van der Waals surface area contributed by atoms with Gasteiger partial charge in [-0.2, -0.15) is 0 Å². The molecule has 1 aliphatic heterocycles. The quantitative estimate of drug-likeness (QED) is 0.724. The van der Waals surface area contributed by atoms with E-state index in [2.05, 4.69) is 0 Å². The number of carbonyl (C=O) groups is 1. The molecule has 6 heteroatoms. The van der Waals surface area contributed by atoms with Crippen molar-refractivity contribution in [2.45, 2.75) is 38.6 Å². The van der Waals surface area contributed by atoms with Gasteiger partial charge in [0.25, 0.3) is 0 Å². The molecule has 0 aromatic heterocycles. The van der Waals surface area contributed by atoms with Gasteiger partial charge in [0.05, 0.1) is 19.8 Å². The smallest absolute Gasteiger partial charge is 0.335 e. The predicted octanol–water partition coefficient (Wildman–Crippen LogP) is 2.46. The molecule has 0 aliphatic carbocycles. The number of esters is 1. The van der Waals surface area contributed by atoms with Crippen LogP contribution in [-0.4, -0.2) is 38.5 Å². The summed E-state index contributed by atoms with van der Waals surface area (Å²) in [5.74, 6) is -0.430. The van der Waals surface area contributed by atoms with E-state index >= 15 is 0 Å². The van der Waals surface area contributed by atoms with Crippen LogP contribution < -0.4 is 4.74 Å². The lowest BCUT2D eigenvalue weighted by atomic mass is 10.2. The van der Waals surface area contributed by atoms with Crippen molar-refractivity contribution in [3.8, 4) is 5.75 Å². The second-order valence-corrected chi connectivity index (χ2v) is 5.17. The fourth-order valence-electron chi connectivity index (χ4n) is 2.22. The molecule has 2 rings (SSSR count). The van der Waals surface area contributed by atoms with Gasteiger partial charge in [0.15, 0.2) is 6.10 Å². The van der Waals surface area contributed by atoms with Crippen molar-refractivity contribution in [2.75, 3.05) is 20.3 Å². The zero-order valence-electron chi connectivity index (χ0n) is 12.8. The first-order valence-corrected chi connectivity index (χ1v) is 7.32. The highest BCUT2D eigenvalue weighted by Gasteiger charge is 2.21. The Morgan fingerprint density at radius 3 is 3.00 bits per heavy atom. The highest BCUT2D eigenvalue weighted by Crippen LogP contribution is 2.20. The van der Waals surface area contributed by atoms with Crippen molar-refractivity contribution >= 4 is 5.97 Å². The lowest BCUT2D eigenvalue weighted by Gasteiger charge is -2.16. The van der Waals surface area contributed by atoms with Crippen LogP contribution in [-0.2, 0) is 25.6 Å². The van der Waals surface area contributed by atoms with Gasteiger partial charge in [-0.05, 0) is 38.0 Å². The lowest BCUT2D eigenvalue weighted by Crippen LogP contribution is -2.27. The summed E-state index contributed by atoms with van der Waals surface area (Å²) in [6.07, 6.45) is 1.33. The third-order valence-electron chi connectivity index (χ3n) is 3.50. The predicted molar refractivity (Wildman–Crippen MR) is 77.1 cm³/mol. The standard InChI is InChI=1S/C16H21FO5/c1-11(21-10-14-4-3-7-20-14)16(18)22-9-12-8-13(17)5-6-15(12)19-2/h5-6,8,11,14H,3-4,7,9-10H2,1-2H3. The summed E-state index contributed by atoms with van der Waals surface area (Å²) in [5, 5.41) is 0. The maximum Gasteiger partial charge on any atom is 0.335 e. The Kier molecular flexibility index (Phi) is 6.15. The molecule has 1 aliphatic rings. The van der Waals surface area contributed by atoms with E-state index in [0.717, 1.165) is 19.4 Å². The molecule has 2 atom stereocenters. The Balaban J connectivity index is 1.80. The lowest BCUT2D eigenvalue weighted by molar-refractivity contribution is -0.159. The fourth-order valence-corrected chi connectivity index (χ4v) is 2.22. The highest BCUT2D eigenvalue weighted by atomic mass is 19.1. The number of halogens is 1. The maximum absolute atomic E-state index is 13.2. The second kappa shape index (κ2) is 8.10. The largest absolute Gasteiger partial charge is 0.496 e. The van der Waals surface area contributed by atoms with Crippen molar-refractivity contribution in [1.29, 1.82) is 0 Å². The number of benzene rings is 1. The summed E-state index contributed by atoms with van der Waals surface area (Å²) in [7, 11) is 1.48. The summed E-state index contributed by atoms with van der Waals surface area (Å²) < 4.78 is 34.4. The summed E-state index contributed by atoms with van der Waals surface area (Å²) in [4.78, 5) is 11.9. The van der Waals surface area contributed by atoms with E-state index in [1.165, 1.54) is 25.3 Å². The molecular weight excluding hydrogens is 291 g/mol. The minimum Gasteiger partial charge on any atom is -0.496 e. The second-order valence-electron chi connectivity index (χ2n) is 5.17. The van der Waals surface area contributed by atoms with Gasteiger partial charge in [-0.3, -0.25) is 0 Å². The van der Waals surface area contributed by atoms with Crippen molar-refractivity contribution < 1.29 is 28.1 Å². The first-order valence-electron chi connectivity index (χ1n) is 7.32. The van der Waals surface area contributed by atoms with Crippen LogP contribution in [0.15, 0.2) is 18.2 Å². The molecule has 0 amide bonds. The molecule has 122 valence electrons. The van der Waals surface area contributed by atoms with E-state index in [-0.39, 0.29) is 12.7 Å². The molecular formula is C16H21FO5. The third-order valence-corrected chi connectivity index (χ3v) is 3.50. The van der Waals surface area contributed by atoms with Gasteiger partial charge in [-0.15, -0.1) is 0 Å². The molecule has 1 saturated heterocycles. The molecule has 22 heavy (non-hydrogen) atoms. The minimum atomic E-state index is -0.691. The monoisotopic (exact) mass is 312 g/mol. The number of rotatable bonds is 7. The van der Waals surface area contributed by atoms with Crippen LogP contribution in [0, 0.1) is 5.82 Å². The summed E-state index contributed by atoms with van der Waals surface area (Å²) in [5.41, 5.74) is 0.474. The molecule has 1 heterocycles. The Hall–Kier alpha value is -1.66. The van der Waals surface area contributed by atoms with Crippen molar-refractivity contribution in [1.82, 2.24) is 0 Å². The normalized spacial score (nSPS) is 19.0. The molecule has 1 aromatic carbocycles. The molecule has 0 saturated carbocycles. The van der Waals surface area contributed by atoms with Crippen LogP contribution >= 0.6 is 0 Å². The van der Waals surface area contributed by atoms with Gasteiger partial charge in [0.2, 0.25) is 0 Å². The number of hydrogen-bond acceptors (Lipinski definition) is 5.